The quantitative estimate of drug-likeness (QED) is 0.540. The molecular formula is C21H37N5O. The van der Waals surface area contributed by atoms with Crippen LogP contribution in [0.4, 0.5) is 0 Å². The highest BCUT2D eigenvalue weighted by Crippen LogP contribution is 2.25. The minimum absolute atomic E-state index is 0.240. The van der Waals surface area contributed by atoms with Crippen LogP contribution in [0.2, 0.25) is 0 Å². The predicted molar refractivity (Wildman–Crippen MR) is 111 cm³/mol. The van der Waals surface area contributed by atoms with Crippen LogP contribution in [0, 0.1) is 0 Å². The Bertz CT molecular complexity index is 545. The molecule has 2 saturated heterocycles. The third kappa shape index (κ3) is 5.98. The minimum Gasteiger partial charge on any atom is -0.468 e. The molecule has 0 amide bonds. The van der Waals surface area contributed by atoms with Crippen LogP contribution in [0.1, 0.15) is 57.8 Å². The van der Waals surface area contributed by atoms with Crippen LogP contribution in [0.15, 0.2) is 27.8 Å². The van der Waals surface area contributed by atoms with E-state index in [9.17, 15) is 0 Å². The van der Waals surface area contributed by atoms with Crippen LogP contribution in [0.25, 0.3) is 0 Å². The van der Waals surface area contributed by atoms with E-state index < -0.39 is 0 Å². The smallest absolute Gasteiger partial charge is 0.191 e. The van der Waals surface area contributed by atoms with E-state index in [4.69, 9.17) is 9.41 Å². The van der Waals surface area contributed by atoms with Crippen molar-refractivity contribution < 1.29 is 4.42 Å². The van der Waals surface area contributed by atoms with Crippen molar-refractivity contribution in [3.63, 3.8) is 0 Å². The number of piperidine rings is 1. The maximum Gasteiger partial charge on any atom is 0.191 e. The summed E-state index contributed by atoms with van der Waals surface area (Å²) in [4.78, 5) is 10.0. The molecule has 2 aliphatic heterocycles. The van der Waals surface area contributed by atoms with E-state index in [0.717, 1.165) is 37.9 Å². The summed E-state index contributed by atoms with van der Waals surface area (Å²) in [7, 11) is 0. The van der Waals surface area contributed by atoms with Crippen LogP contribution in [-0.2, 0) is 0 Å². The molecular weight excluding hydrogens is 338 g/mol. The number of nitrogens with one attached hydrogen (secondary N) is 2. The van der Waals surface area contributed by atoms with Gasteiger partial charge >= 0.3 is 0 Å². The maximum absolute atomic E-state index is 5.73. The summed E-state index contributed by atoms with van der Waals surface area (Å²) in [5, 5.41) is 7.11. The molecule has 6 heteroatoms. The number of guanidine groups is 1. The average Bonchev–Trinajstić information content (AvgIpc) is 3.38. The van der Waals surface area contributed by atoms with Crippen molar-refractivity contribution in [1.29, 1.82) is 0 Å². The molecule has 0 saturated carbocycles. The Labute approximate surface area is 164 Å². The van der Waals surface area contributed by atoms with Crippen LogP contribution in [0.3, 0.4) is 0 Å². The topological polar surface area (TPSA) is 56.0 Å². The molecule has 27 heavy (non-hydrogen) atoms. The van der Waals surface area contributed by atoms with Gasteiger partial charge in [-0.15, -0.1) is 0 Å². The molecule has 0 aliphatic carbocycles. The van der Waals surface area contributed by atoms with E-state index >= 15 is 0 Å². The van der Waals surface area contributed by atoms with Gasteiger partial charge in [0.25, 0.3) is 0 Å². The van der Waals surface area contributed by atoms with E-state index in [1.807, 2.05) is 6.07 Å². The fraction of sp³-hybridized carbons (Fsp3) is 0.762. The Morgan fingerprint density at radius 3 is 2.63 bits per heavy atom. The van der Waals surface area contributed by atoms with Crippen molar-refractivity contribution in [3.8, 4) is 0 Å². The summed E-state index contributed by atoms with van der Waals surface area (Å²) in [6.07, 6.45) is 7.95. The fourth-order valence-electron chi connectivity index (χ4n) is 4.23. The number of furan rings is 1. The number of nitrogens with zero attached hydrogens (tertiary/aromatic N) is 3. The highest BCUT2D eigenvalue weighted by atomic mass is 16.3. The van der Waals surface area contributed by atoms with Gasteiger partial charge in [0, 0.05) is 25.7 Å². The molecule has 1 atom stereocenters. The Hall–Kier alpha value is -1.53. The first-order valence-corrected chi connectivity index (χ1v) is 10.8. The van der Waals surface area contributed by atoms with Gasteiger partial charge in [-0.2, -0.15) is 0 Å². The molecule has 3 rings (SSSR count). The zero-order valence-electron chi connectivity index (χ0n) is 17.1. The highest BCUT2D eigenvalue weighted by Gasteiger charge is 2.26. The maximum atomic E-state index is 5.73. The molecule has 3 heterocycles. The number of likely N-dealkylation sites (tertiary alicyclic amines) is 2. The first-order valence-electron chi connectivity index (χ1n) is 10.8. The summed E-state index contributed by atoms with van der Waals surface area (Å²) in [6.45, 7) is 11.9. The summed E-state index contributed by atoms with van der Waals surface area (Å²) in [6, 6.07) is 4.83. The van der Waals surface area contributed by atoms with Gasteiger partial charge in [-0.05, 0) is 70.8 Å². The van der Waals surface area contributed by atoms with E-state index in [2.05, 4.69) is 40.3 Å². The second kappa shape index (κ2) is 10.7. The zero-order valence-corrected chi connectivity index (χ0v) is 17.1. The lowest BCUT2D eigenvalue weighted by atomic mass is 10.1. The molecule has 2 fully saturated rings. The lowest BCUT2D eigenvalue weighted by Gasteiger charge is -2.33. The van der Waals surface area contributed by atoms with Gasteiger partial charge in [0.05, 0.1) is 18.8 Å². The summed E-state index contributed by atoms with van der Waals surface area (Å²) < 4.78 is 5.73. The largest absolute Gasteiger partial charge is 0.468 e. The first-order chi connectivity index (χ1) is 13.3. The molecule has 2 aliphatic rings. The van der Waals surface area contributed by atoms with Gasteiger partial charge in [0.2, 0.25) is 0 Å². The van der Waals surface area contributed by atoms with Crippen LogP contribution in [-0.4, -0.2) is 67.6 Å². The van der Waals surface area contributed by atoms with Crippen molar-refractivity contribution in [2.24, 2.45) is 4.99 Å². The molecule has 0 radical (unpaired) electrons. The zero-order chi connectivity index (χ0) is 18.9. The van der Waals surface area contributed by atoms with Gasteiger partial charge in [-0.1, -0.05) is 6.92 Å². The standard InChI is InChI=1S/C21H37N5O/c1-3-11-25-14-9-18(10-15-25)24-21(22-4-2)23-17-19(20-8-7-16-27-20)26-12-5-6-13-26/h7-8,16,18-19H,3-6,9-15,17H2,1-2H3,(H2,22,23,24). The summed E-state index contributed by atoms with van der Waals surface area (Å²) >= 11 is 0. The van der Waals surface area contributed by atoms with Crippen LogP contribution >= 0.6 is 0 Å². The summed E-state index contributed by atoms with van der Waals surface area (Å²) in [5.74, 6) is 1.98. The normalized spacial score (nSPS) is 21.5. The number of aliphatic imine (C=N–C) groups is 1. The fourth-order valence-corrected chi connectivity index (χ4v) is 4.23. The lowest BCUT2D eigenvalue weighted by Crippen LogP contribution is -2.49. The van der Waals surface area contributed by atoms with Gasteiger partial charge in [0.15, 0.2) is 5.96 Å². The van der Waals surface area contributed by atoms with Crippen molar-refractivity contribution in [3.05, 3.63) is 24.2 Å². The number of rotatable bonds is 8. The molecule has 0 aromatic carbocycles. The third-order valence-corrected chi connectivity index (χ3v) is 5.69. The van der Waals surface area contributed by atoms with Gasteiger partial charge in [-0.3, -0.25) is 9.89 Å². The second-order valence-corrected chi connectivity index (χ2v) is 7.75. The molecule has 0 bridgehead atoms. The number of hydrogen-bond donors (Lipinski definition) is 2. The summed E-state index contributed by atoms with van der Waals surface area (Å²) in [5.41, 5.74) is 0. The molecule has 1 unspecified atom stereocenters. The monoisotopic (exact) mass is 375 g/mol. The molecule has 1 aromatic heterocycles. The molecule has 2 N–H and O–H groups in total. The van der Waals surface area contributed by atoms with E-state index in [-0.39, 0.29) is 6.04 Å². The molecule has 0 spiro atoms. The van der Waals surface area contributed by atoms with Crippen LogP contribution in [0.5, 0.6) is 0 Å². The SMILES string of the molecule is CCCN1CCC(NC(=NCC(c2ccco2)N2CCCC2)NCC)CC1. The molecule has 1 aromatic rings. The minimum atomic E-state index is 0.240. The second-order valence-electron chi connectivity index (χ2n) is 7.75. The Kier molecular flexibility index (Phi) is 8.02. The van der Waals surface area contributed by atoms with Crippen molar-refractivity contribution in [1.82, 2.24) is 20.4 Å². The van der Waals surface area contributed by atoms with Crippen LogP contribution < -0.4 is 10.6 Å². The van der Waals surface area contributed by atoms with Gasteiger partial charge < -0.3 is 20.0 Å². The molecule has 6 nitrogen and oxygen atoms in total. The van der Waals surface area contributed by atoms with Crippen molar-refractivity contribution in [2.75, 3.05) is 45.8 Å². The van der Waals surface area contributed by atoms with E-state index in [1.165, 1.54) is 51.7 Å². The third-order valence-electron chi connectivity index (χ3n) is 5.69. The lowest BCUT2D eigenvalue weighted by molar-refractivity contribution is 0.206. The van der Waals surface area contributed by atoms with Crippen molar-refractivity contribution >= 4 is 5.96 Å². The van der Waals surface area contributed by atoms with E-state index in [1.54, 1.807) is 6.26 Å². The predicted octanol–water partition coefficient (Wildman–Crippen LogP) is 2.85. The van der Waals surface area contributed by atoms with Crippen molar-refractivity contribution in [2.45, 2.75) is 58.0 Å². The highest BCUT2D eigenvalue weighted by molar-refractivity contribution is 5.80. The Morgan fingerprint density at radius 2 is 2.00 bits per heavy atom. The first kappa shape index (κ1) is 20.2. The Balaban J connectivity index is 1.58. The average molecular weight is 376 g/mol. The number of hydrogen-bond acceptors (Lipinski definition) is 4. The van der Waals surface area contributed by atoms with Gasteiger partial charge in [-0.25, -0.2) is 0 Å². The van der Waals surface area contributed by atoms with E-state index in [0.29, 0.717) is 6.04 Å². The van der Waals surface area contributed by atoms with Gasteiger partial charge in [0.1, 0.15) is 5.76 Å². The Morgan fingerprint density at radius 1 is 1.22 bits per heavy atom. The molecule has 152 valence electrons.